The van der Waals surface area contributed by atoms with E-state index in [0.717, 1.165) is 11.3 Å². The third kappa shape index (κ3) is 4.98. The zero-order valence-electron chi connectivity index (χ0n) is 18.7. The lowest BCUT2D eigenvalue weighted by Gasteiger charge is -2.19. The summed E-state index contributed by atoms with van der Waals surface area (Å²) < 4.78 is 12.9. The number of amides is 1. The molecule has 0 unspecified atom stereocenters. The van der Waals surface area contributed by atoms with E-state index < -0.39 is 4.92 Å². The number of nitrogens with one attached hydrogen (secondary N) is 1. The number of nitro groups is 1. The van der Waals surface area contributed by atoms with Crippen LogP contribution in [0, 0.1) is 10.1 Å². The first-order valence-corrected chi connectivity index (χ1v) is 11.1. The summed E-state index contributed by atoms with van der Waals surface area (Å²) in [5.74, 6) is 1.20. The minimum absolute atomic E-state index is 0.00466. The minimum Gasteiger partial charge on any atom is -0.486 e. The Morgan fingerprint density at radius 2 is 1.74 bits per heavy atom. The second-order valence-electron chi connectivity index (χ2n) is 8.02. The van der Waals surface area contributed by atoms with Gasteiger partial charge in [-0.2, -0.15) is 5.10 Å². The molecule has 0 saturated carbocycles. The lowest BCUT2D eigenvalue weighted by Crippen LogP contribution is -2.24. The van der Waals surface area contributed by atoms with Crippen molar-refractivity contribution in [3.63, 3.8) is 0 Å². The maximum atomic E-state index is 12.9. The number of carbonyl (C=O) groups excluding carboxylic acids is 1. The quantitative estimate of drug-likeness (QED) is 0.322. The zero-order valence-corrected chi connectivity index (χ0v) is 18.7. The van der Waals surface area contributed by atoms with Gasteiger partial charge in [-0.3, -0.25) is 14.9 Å². The molecule has 0 saturated heterocycles. The first-order valence-electron chi connectivity index (χ1n) is 11.1. The van der Waals surface area contributed by atoms with Crippen molar-refractivity contribution in [1.29, 1.82) is 0 Å². The van der Waals surface area contributed by atoms with Gasteiger partial charge in [0.25, 0.3) is 5.69 Å². The van der Waals surface area contributed by atoms with Crippen LogP contribution in [0.5, 0.6) is 11.5 Å². The highest BCUT2D eigenvalue weighted by atomic mass is 16.6. The maximum Gasteiger partial charge on any atom is 0.269 e. The third-order valence-corrected chi connectivity index (χ3v) is 5.61. The minimum atomic E-state index is -0.446. The molecule has 176 valence electrons. The van der Waals surface area contributed by atoms with Gasteiger partial charge in [0.15, 0.2) is 11.5 Å². The van der Waals surface area contributed by atoms with Gasteiger partial charge in [0.1, 0.15) is 13.2 Å². The Morgan fingerprint density at radius 3 is 2.49 bits per heavy atom. The first-order chi connectivity index (χ1) is 17.1. The number of benzene rings is 3. The molecule has 1 amide bonds. The number of fused-ring (bicyclic) bond motifs is 1. The molecule has 35 heavy (non-hydrogen) atoms. The van der Waals surface area contributed by atoms with Crippen molar-refractivity contribution >= 4 is 11.6 Å². The van der Waals surface area contributed by atoms with E-state index in [2.05, 4.69) is 10.4 Å². The number of nitrogens with zero attached hydrogens (tertiary/aromatic N) is 3. The van der Waals surface area contributed by atoms with Crippen molar-refractivity contribution in [2.45, 2.75) is 13.0 Å². The molecule has 0 aliphatic carbocycles. The van der Waals surface area contributed by atoms with E-state index in [1.54, 1.807) is 16.8 Å². The molecule has 9 nitrogen and oxygen atoms in total. The number of hydrogen-bond donors (Lipinski definition) is 1. The molecule has 1 aromatic heterocycles. The molecular weight excluding hydrogens is 448 g/mol. The van der Waals surface area contributed by atoms with Crippen molar-refractivity contribution in [2.75, 3.05) is 13.2 Å². The van der Waals surface area contributed by atoms with E-state index in [9.17, 15) is 14.9 Å². The zero-order chi connectivity index (χ0) is 24.2. The number of nitro benzene ring substituents is 1. The van der Waals surface area contributed by atoms with E-state index in [4.69, 9.17) is 9.47 Å². The summed E-state index contributed by atoms with van der Waals surface area (Å²) in [6, 6.07) is 21.3. The summed E-state index contributed by atoms with van der Waals surface area (Å²) in [6.45, 7) is 1.37. The molecule has 1 N–H and O–H groups in total. The van der Waals surface area contributed by atoms with Crippen molar-refractivity contribution in [3.05, 3.63) is 100 Å². The molecule has 4 aromatic rings. The highest BCUT2D eigenvalue weighted by Gasteiger charge is 2.17. The van der Waals surface area contributed by atoms with Crippen molar-refractivity contribution in [3.8, 4) is 28.4 Å². The number of carbonyl (C=O) groups is 1. The standard InChI is InChI=1S/C26H22N4O5/c31-25(27-16-18-6-11-23-24(14-18)35-13-12-34-23)15-20-17-29(21-4-2-1-3-5-21)28-26(20)19-7-9-22(10-8-19)30(32)33/h1-11,14,17H,12-13,15-16H2,(H,27,31). The average molecular weight is 470 g/mol. The van der Waals surface area contributed by atoms with Crippen LogP contribution >= 0.6 is 0 Å². The Kier molecular flexibility index (Phi) is 6.13. The first kappa shape index (κ1) is 22.1. The summed E-state index contributed by atoms with van der Waals surface area (Å²) in [4.78, 5) is 23.4. The number of para-hydroxylation sites is 1. The van der Waals surface area contributed by atoms with Gasteiger partial charge in [-0.1, -0.05) is 24.3 Å². The molecule has 1 aliphatic heterocycles. The Morgan fingerprint density at radius 1 is 1.00 bits per heavy atom. The summed E-state index contributed by atoms with van der Waals surface area (Å²) in [6.07, 6.45) is 1.92. The van der Waals surface area contributed by atoms with Gasteiger partial charge in [-0.15, -0.1) is 0 Å². The number of rotatable bonds is 7. The van der Waals surface area contributed by atoms with Crippen molar-refractivity contribution in [2.24, 2.45) is 0 Å². The van der Waals surface area contributed by atoms with E-state index in [1.165, 1.54) is 12.1 Å². The van der Waals surface area contributed by atoms with Crippen LogP contribution in [0.25, 0.3) is 16.9 Å². The average Bonchev–Trinajstić information content (AvgIpc) is 3.31. The SMILES string of the molecule is O=C(Cc1cn(-c2ccccc2)nc1-c1ccc([N+](=O)[O-])cc1)NCc1ccc2c(c1)OCCO2. The lowest BCUT2D eigenvalue weighted by atomic mass is 10.1. The second kappa shape index (κ2) is 9.68. The van der Waals surface area contributed by atoms with Gasteiger partial charge in [0.2, 0.25) is 5.91 Å². The monoisotopic (exact) mass is 470 g/mol. The predicted molar refractivity (Wildman–Crippen MR) is 129 cm³/mol. The van der Waals surface area contributed by atoms with Crippen LogP contribution in [0.15, 0.2) is 79.0 Å². The smallest absolute Gasteiger partial charge is 0.269 e. The third-order valence-electron chi connectivity index (χ3n) is 5.61. The fraction of sp³-hybridized carbons (Fsp3) is 0.154. The van der Waals surface area contributed by atoms with Gasteiger partial charge in [-0.25, -0.2) is 4.68 Å². The Hall–Kier alpha value is -4.66. The predicted octanol–water partition coefficient (Wildman–Crippen LogP) is 4.08. The largest absolute Gasteiger partial charge is 0.486 e. The molecule has 0 atom stereocenters. The van der Waals surface area contributed by atoms with Gasteiger partial charge in [0.05, 0.1) is 22.7 Å². The summed E-state index contributed by atoms with van der Waals surface area (Å²) in [5.41, 5.74) is 3.74. The van der Waals surface area contributed by atoms with Crippen molar-refractivity contribution in [1.82, 2.24) is 15.1 Å². The molecule has 3 aromatic carbocycles. The van der Waals surface area contributed by atoms with Crippen LogP contribution in [0.1, 0.15) is 11.1 Å². The second-order valence-corrected chi connectivity index (χ2v) is 8.02. The lowest BCUT2D eigenvalue weighted by molar-refractivity contribution is -0.384. The maximum absolute atomic E-state index is 12.9. The normalized spacial score (nSPS) is 12.2. The summed E-state index contributed by atoms with van der Waals surface area (Å²) in [7, 11) is 0. The topological polar surface area (TPSA) is 109 Å². The number of hydrogen-bond acceptors (Lipinski definition) is 6. The molecule has 0 fully saturated rings. The van der Waals surface area contributed by atoms with E-state index in [-0.39, 0.29) is 18.0 Å². The molecule has 1 aliphatic rings. The summed E-state index contributed by atoms with van der Waals surface area (Å²) >= 11 is 0. The number of aromatic nitrogens is 2. The Balaban J connectivity index is 1.36. The van der Waals surface area contributed by atoms with Crippen LogP contribution in [-0.4, -0.2) is 33.8 Å². The Labute approximate surface area is 201 Å². The van der Waals surface area contributed by atoms with E-state index in [0.29, 0.717) is 48.1 Å². The fourth-order valence-corrected chi connectivity index (χ4v) is 3.87. The molecule has 5 rings (SSSR count). The van der Waals surface area contributed by atoms with Gasteiger partial charge < -0.3 is 14.8 Å². The molecule has 0 bridgehead atoms. The number of ether oxygens (including phenoxy) is 2. The van der Waals surface area contributed by atoms with Gasteiger partial charge in [0, 0.05) is 36.0 Å². The highest BCUT2D eigenvalue weighted by Crippen LogP contribution is 2.31. The fourth-order valence-electron chi connectivity index (χ4n) is 3.87. The summed E-state index contributed by atoms with van der Waals surface area (Å²) in [5, 5.41) is 18.7. The number of non-ortho nitro benzene ring substituents is 1. The van der Waals surface area contributed by atoms with Crippen LogP contribution in [0.4, 0.5) is 5.69 Å². The van der Waals surface area contributed by atoms with Crippen LogP contribution < -0.4 is 14.8 Å². The molecular formula is C26H22N4O5. The van der Waals surface area contributed by atoms with Gasteiger partial charge >= 0.3 is 0 Å². The Bertz CT molecular complexity index is 1370. The molecule has 9 heteroatoms. The van der Waals surface area contributed by atoms with E-state index in [1.807, 2.05) is 54.7 Å². The molecule has 2 heterocycles. The van der Waals surface area contributed by atoms with Crippen molar-refractivity contribution < 1.29 is 19.2 Å². The van der Waals surface area contributed by atoms with Gasteiger partial charge in [-0.05, 0) is 42.0 Å². The highest BCUT2D eigenvalue weighted by molar-refractivity contribution is 5.81. The molecule has 0 radical (unpaired) electrons. The van der Waals surface area contributed by atoms with E-state index >= 15 is 0 Å². The van der Waals surface area contributed by atoms with Crippen LogP contribution in [0.3, 0.4) is 0 Å². The van der Waals surface area contributed by atoms with Crippen LogP contribution in [0.2, 0.25) is 0 Å². The van der Waals surface area contributed by atoms with Crippen LogP contribution in [-0.2, 0) is 17.8 Å². The molecule has 0 spiro atoms.